The molecule has 0 aliphatic carbocycles. The summed E-state index contributed by atoms with van der Waals surface area (Å²) in [5.74, 6) is 1.14. The number of aromatic hydroxyl groups is 1. The van der Waals surface area contributed by atoms with Gasteiger partial charge in [-0.3, -0.25) is 19.4 Å². The molecule has 1 N–H and O–H groups in total. The predicted molar refractivity (Wildman–Crippen MR) is 275 cm³/mol. The maximum atomic E-state index is 12.0. The molecule has 5 rings (SSSR count). The summed E-state index contributed by atoms with van der Waals surface area (Å²) in [5.41, 5.74) is 7.89. The summed E-state index contributed by atoms with van der Waals surface area (Å²) in [6.07, 6.45) is 3.87. The molecule has 0 saturated carbocycles. The fourth-order valence-electron chi connectivity index (χ4n) is 9.05. The van der Waals surface area contributed by atoms with E-state index in [4.69, 9.17) is 14.2 Å². The highest BCUT2D eigenvalue weighted by molar-refractivity contribution is 5.70. The Morgan fingerprint density at radius 2 is 0.910 bits per heavy atom. The summed E-state index contributed by atoms with van der Waals surface area (Å²) in [6, 6.07) is 45.4. The third-order valence-corrected chi connectivity index (χ3v) is 12.4. The number of phenolic OH excluding ortho intramolecular Hbond substituents is 1. The van der Waals surface area contributed by atoms with E-state index in [1.807, 2.05) is 56.3 Å². The first kappa shape index (κ1) is 54.2. The SMILES string of the molecule is CCOC(=O)CCc1ccc(O)c([C@H](CCN(C(C)C)C(C)C)c2ccccc2)c1.CCOC(=O)CCc1ccc(OCc2ccccc2)c([C@H](CCN(C(C)C)C(C)C)c2ccccc2)c1. The second-order valence-corrected chi connectivity index (χ2v) is 18.5. The van der Waals surface area contributed by atoms with Crippen LogP contribution in [0.2, 0.25) is 0 Å². The van der Waals surface area contributed by atoms with Crippen LogP contribution >= 0.6 is 0 Å². The van der Waals surface area contributed by atoms with E-state index in [9.17, 15) is 14.7 Å². The lowest BCUT2D eigenvalue weighted by Crippen LogP contribution is -2.38. The Morgan fingerprint density at radius 3 is 1.34 bits per heavy atom. The van der Waals surface area contributed by atoms with Crippen molar-refractivity contribution in [2.75, 3.05) is 26.3 Å². The average molecular weight is 913 g/mol. The predicted octanol–water partition coefficient (Wildman–Crippen LogP) is 12.9. The van der Waals surface area contributed by atoms with Gasteiger partial charge in [-0.1, -0.05) is 115 Å². The van der Waals surface area contributed by atoms with Crippen molar-refractivity contribution in [1.82, 2.24) is 9.80 Å². The topological polar surface area (TPSA) is 88.5 Å². The molecule has 5 aromatic rings. The molecule has 5 aromatic carbocycles. The molecular weight excluding hydrogens is 833 g/mol. The fraction of sp³-hybridized carbons (Fsp3) is 0.458. The third-order valence-electron chi connectivity index (χ3n) is 12.4. The number of aryl methyl sites for hydroxylation is 2. The molecule has 362 valence electrons. The van der Waals surface area contributed by atoms with Crippen molar-refractivity contribution < 1.29 is 28.9 Å². The summed E-state index contributed by atoms with van der Waals surface area (Å²) in [5, 5.41) is 10.7. The molecule has 0 amide bonds. The van der Waals surface area contributed by atoms with Crippen LogP contribution < -0.4 is 4.74 Å². The highest BCUT2D eigenvalue weighted by atomic mass is 16.5. The van der Waals surface area contributed by atoms with Crippen molar-refractivity contribution in [3.8, 4) is 11.5 Å². The molecule has 0 aliphatic rings. The Bertz CT molecular complexity index is 2160. The van der Waals surface area contributed by atoms with Gasteiger partial charge in [0.15, 0.2) is 0 Å². The maximum absolute atomic E-state index is 12.0. The van der Waals surface area contributed by atoms with Crippen LogP contribution in [0.5, 0.6) is 11.5 Å². The summed E-state index contributed by atoms with van der Waals surface area (Å²) >= 11 is 0. The molecule has 0 radical (unpaired) electrons. The van der Waals surface area contributed by atoms with Crippen molar-refractivity contribution in [3.05, 3.63) is 166 Å². The Hall–Kier alpha value is -5.44. The first-order valence-corrected chi connectivity index (χ1v) is 24.8. The van der Waals surface area contributed by atoms with E-state index in [1.165, 1.54) is 16.7 Å². The number of hydrogen-bond donors (Lipinski definition) is 1. The van der Waals surface area contributed by atoms with Crippen molar-refractivity contribution in [1.29, 1.82) is 0 Å². The smallest absolute Gasteiger partial charge is 0.306 e. The van der Waals surface area contributed by atoms with Gasteiger partial charge >= 0.3 is 11.9 Å². The quantitative estimate of drug-likeness (QED) is 0.0579. The Balaban J connectivity index is 0.000000299. The molecule has 0 aromatic heterocycles. The van der Waals surface area contributed by atoms with Gasteiger partial charge in [0.2, 0.25) is 0 Å². The van der Waals surface area contributed by atoms with E-state index < -0.39 is 0 Å². The molecule has 8 nitrogen and oxygen atoms in total. The molecule has 0 spiro atoms. The summed E-state index contributed by atoms with van der Waals surface area (Å²) in [4.78, 5) is 28.8. The van der Waals surface area contributed by atoms with Crippen molar-refractivity contribution in [3.63, 3.8) is 0 Å². The van der Waals surface area contributed by atoms with Crippen LogP contribution in [-0.2, 0) is 38.5 Å². The molecule has 67 heavy (non-hydrogen) atoms. The van der Waals surface area contributed by atoms with Gasteiger partial charge in [0.25, 0.3) is 0 Å². The fourth-order valence-corrected chi connectivity index (χ4v) is 9.05. The standard InChI is InChI=1S/C33H43NO3.C26H37NO3/c1-6-36-33(35)20-18-27-17-19-32(37-24-28-13-9-7-10-14-28)31(23-27)30(29-15-11-8-12-16-29)21-22-34(25(2)3)26(4)5;1-6-30-26(29)15-13-21-12-14-25(28)24(18-21)23(22-10-8-7-9-11-22)16-17-27(19(2)3)20(4)5/h7-17,19,23,25-26,30H,6,18,20-22,24H2,1-5H3;7-12,14,18-20,23,28H,6,13,15-17H2,1-5H3/t30-;23-/m11/s1. The first-order valence-electron chi connectivity index (χ1n) is 24.8. The van der Waals surface area contributed by atoms with Gasteiger partial charge in [0, 0.05) is 60.0 Å². The highest BCUT2D eigenvalue weighted by Crippen LogP contribution is 2.38. The lowest BCUT2D eigenvalue weighted by Gasteiger charge is -2.32. The van der Waals surface area contributed by atoms with Crippen LogP contribution in [0.3, 0.4) is 0 Å². The molecule has 0 heterocycles. The minimum absolute atomic E-state index is 0.0914. The number of rotatable bonds is 25. The molecule has 0 aliphatic heterocycles. The van der Waals surface area contributed by atoms with Crippen LogP contribution in [0.4, 0.5) is 0 Å². The lowest BCUT2D eigenvalue weighted by atomic mass is 9.86. The number of carbonyl (C=O) groups excluding carboxylic acids is 2. The van der Waals surface area contributed by atoms with Crippen LogP contribution in [0.15, 0.2) is 127 Å². The Kier molecular flexibility index (Phi) is 23.2. The van der Waals surface area contributed by atoms with Crippen molar-refractivity contribution in [2.24, 2.45) is 0 Å². The first-order chi connectivity index (χ1) is 32.2. The van der Waals surface area contributed by atoms with Crippen LogP contribution in [0.25, 0.3) is 0 Å². The highest BCUT2D eigenvalue weighted by Gasteiger charge is 2.24. The second kappa shape index (κ2) is 28.7. The summed E-state index contributed by atoms with van der Waals surface area (Å²) < 4.78 is 16.7. The maximum Gasteiger partial charge on any atom is 0.306 e. The molecule has 8 heteroatoms. The summed E-state index contributed by atoms with van der Waals surface area (Å²) in [7, 11) is 0. The van der Waals surface area contributed by atoms with Crippen molar-refractivity contribution >= 4 is 11.9 Å². The number of nitrogens with zero attached hydrogens (tertiary/aromatic N) is 2. The van der Waals surface area contributed by atoms with Gasteiger partial charge in [0.1, 0.15) is 18.1 Å². The third kappa shape index (κ3) is 18.0. The van der Waals surface area contributed by atoms with Crippen LogP contribution in [-0.4, -0.2) is 77.3 Å². The minimum Gasteiger partial charge on any atom is -0.508 e. The Morgan fingerprint density at radius 1 is 0.507 bits per heavy atom. The van der Waals surface area contributed by atoms with Crippen LogP contribution in [0.1, 0.15) is 146 Å². The zero-order valence-corrected chi connectivity index (χ0v) is 42.2. The summed E-state index contributed by atoms with van der Waals surface area (Å²) in [6.45, 7) is 24.9. The zero-order chi connectivity index (χ0) is 48.7. The number of esters is 2. The number of hydrogen-bond acceptors (Lipinski definition) is 8. The lowest BCUT2D eigenvalue weighted by molar-refractivity contribution is -0.144. The molecular formula is C59H80N2O6. The zero-order valence-electron chi connectivity index (χ0n) is 42.2. The van der Waals surface area contributed by atoms with Crippen LogP contribution in [0, 0.1) is 0 Å². The monoisotopic (exact) mass is 913 g/mol. The number of benzene rings is 5. The second-order valence-electron chi connectivity index (χ2n) is 18.5. The largest absolute Gasteiger partial charge is 0.508 e. The van der Waals surface area contributed by atoms with Gasteiger partial charge in [-0.2, -0.15) is 0 Å². The van der Waals surface area contributed by atoms with E-state index in [0.717, 1.165) is 53.9 Å². The van der Waals surface area contributed by atoms with Gasteiger partial charge in [-0.05, 0) is 148 Å². The number of carbonyl (C=O) groups is 2. The van der Waals surface area contributed by atoms with Crippen molar-refractivity contribution in [2.45, 2.75) is 150 Å². The van der Waals surface area contributed by atoms with Gasteiger partial charge in [-0.15, -0.1) is 0 Å². The number of ether oxygens (including phenoxy) is 3. The Labute approximate surface area is 403 Å². The molecule has 0 fully saturated rings. The van der Waals surface area contributed by atoms with E-state index >= 15 is 0 Å². The minimum atomic E-state index is -0.184. The average Bonchev–Trinajstić information content (AvgIpc) is 3.31. The molecule has 0 unspecified atom stereocenters. The van der Waals surface area contributed by atoms with E-state index in [0.29, 0.717) is 75.4 Å². The molecule has 0 bridgehead atoms. The molecule has 0 saturated heterocycles. The number of phenols is 1. The van der Waals surface area contributed by atoms with E-state index in [1.54, 1.807) is 6.07 Å². The van der Waals surface area contributed by atoms with Gasteiger partial charge < -0.3 is 19.3 Å². The van der Waals surface area contributed by atoms with Gasteiger partial charge in [0.05, 0.1) is 13.2 Å². The van der Waals surface area contributed by atoms with Gasteiger partial charge in [-0.25, -0.2) is 0 Å². The molecule has 2 atom stereocenters. The normalized spacial score (nSPS) is 12.4. The van der Waals surface area contributed by atoms with E-state index in [2.05, 4.69) is 144 Å². The van der Waals surface area contributed by atoms with E-state index in [-0.39, 0.29) is 23.8 Å².